The number of carbonyl (C=O) groups is 1. The summed E-state index contributed by atoms with van der Waals surface area (Å²) in [5, 5.41) is 13.0. The van der Waals surface area contributed by atoms with E-state index in [2.05, 4.69) is 10.3 Å². The Morgan fingerprint density at radius 3 is 2.94 bits per heavy atom. The molecule has 0 saturated heterocycles. The second-order valence-corrected chi connectivity index (χ2v) is 5.30. The number of carboxylic acid groups (broad SMARTS) is 1. The highest BCUT2D eigenvalue weighted by molar-refractivity contribution is 7.15. The van der Waals surface area contributed by atoms with Gasteiger partial charge in [0.1, 0.15) is 0 Å². The average Bonchev–Trinajstić information content (AvgIpc) is 2.90. The van der Waals surface area contributed by atoms with E-state index in [0.717, 1.165) is 23.7 Å². The van der Waals surface area contributed by atoms with E-state index in [1.165, 1.54) is 11.3 Å². The van der Waals surface area contributed by atoms with Crippen molar-refractivity contribution in [2.24, 2.45) is 0 Å². The molecule has 4 nitrogen and oxygen atoms in total. The number of hydrogen-bond acceptors (Lipinski definition) is 4. The number of aromatic nitrogens is 1. The van der Waals surface area contributed by atoms with Gasteiger partial charge in [-0.15, -0.1) is 11.3 Å². The molecule has 0 bridgehead atoms. The van der Waals surface area contributed by atoms with Gasteiger partial charge in [-0.2, -0.15) is 0 Å². The molecule has 0 spiro atoms. The molecule has 2 N–H and O–H groups in total. The van der Waals surface area contributed by atoms with Crippen molar-refractivity contribution in [2.45, 2.75) is 19.3 Å². The Labute approximate surface area is 108 Å². The van der Waals surface area contributed by atoms with E-state index in [9.17, 15) is 4.79 Å². The van der Waals surface area contributed by atoms with Crippen molar-refractivity contribution in [1.82, 2.24) is 4.98 Å². The fourth-order valence-corrected chi connectivity index (χ4v) is 3.20. The smallest absolute Gasteiger partial charge is 0.337 e. The number of nitrogens with zero attached hydrogens (tertiary/aromatic N) is 1. The van der Waals surface area contributed by atoms with Crippen LogP contribution in [-0.4, -0.2) is 16.1 Å². The van der Waals surface area contributed by atoms with Crippen LogP contribution in [0.1, 0.15) is 27.3 Å². The standard InChI is InChI=1S/C13H12N2O2S/c16-12(17)8-4-1-2-5-9(8)14-13-15-10-6-3-7-11(10)18-13/h1-2,4-5H,3,6-7H2,(H,14,15)(H,16,17). The van der Waals surface area contributed by atoms with Crippen LogP contribution in [0, 0.1) is 0 Å². The second-order valence-electron chi connectivity index (χ2n) is 4.22. The zero-order valence-corrected chi connectivity index (χ0v) is 10.5. The number of carboxylic acids is 1. The van der Waals surface area contributed by atoms with Crippen molar-refractivity contribution in [3.05, 3.63) is 40.4 Å². The maximum absolute atomic E-state index is 11.1. The fourth-order valence-electron chi connectivity index (χ4n) is 2.14. The summed E-state index contributed by atoms with van der Waals surface area (Å²) in [4.78, 5) is 16.9. The minimum Gasteiger partial charge on any atom is -0.478 e. The monoisotopic (exact) mass is 260 g/mol. The van der Waals surface area contributed by atoms with Crippen molar-refractivity contribution in [3.8, 4) is 0 Å². The van der Waals surface area contributed by atoms with Crippen molar-refractivity contribution >= 4 is 28.1 Å². The lowest BCUT2D eigenvalue weighted by Crippen LogP contribution is -2.02. The van der Waals surface area contributed by atoms with Gasteiger partial charge in [0.15, 0.2) is 5.13 Å². The van der Waals surface area contributed by atoms with Crippen molar-refractivity contribution < 1.29 is 9.90 Å². The molecule has 0 amide bonds. The van der Waals surface area contributed by atoms with Gasteiger partial charge in [0.2, 0.25) is 0 Å². The van der Waals surface area contributed by atoms with Gasteiger partial charge in [-0.05, 0) is 31.4 Å². The summed E-state index contributed by atoms with van der Waals surface area (Å²) < 4.78 is 0. The topological polar surface area (TPSA) is 62.2 Å². The first kappa shape index (κ1) is 11.2. The van der Waals surface area contributed by atoms with Crippen LogP contribution in [0.5, 0.6) is 0 Å². The Kier molecular flexibility index (Phi) is 2.76. The zero-order valence-electron chi connectivity index (χ0n) is 9.64. The third-order valence-electron chi connectivity index (χ3n) is 2.99. The molecule has 1 aromatic carbocycles. The first-order valence-electron chi connectivity index (χ1n) is 5.82. The summed E-state index contributed by atoms with van der Waals surface area (Å²) in [6.07, 6.45) is 3.31. The van der Waals surface area contributed by atoms with Gasteiger partial charge in [-0.1, -0.05) is 12.1 Å². The van der Waals surface area contributed by atoms with E-state index < -0.39 is 5.97 Å². The molecule has 1 aromatic heterocycles. The number of thiazole rings is 1. The summed E-state index contributed by atoms with van der Waals surface area (Å²) >= 11 is 1.62. The Balaban J connectivity index is 1.90. The number of rotatable bonds is 3. The Morgan fingerprint density at radius 1 is 1.33 bits per heavy atom. The lowest BCUT2D eigenvalue weighted by Gasteiger charge is -2.06. The van der Waals surface area contributed by atoms with Crippen molar-refractivity contribution in [2.75, 3.05) is 5.32 Å². The number of anilines is 2. The van der Waals surface area contributed by atoms with E-state index in [1.807, 2.05) is 6.07 Å². The van der Waals surface area contributed by atoms with Crippen LogP contribution in [0.2, 0.25) is 0 Å². The van der Waals surface area contributed by atoms with Crippen molar-refractivity contribution in [1.29, 1.82) is 0 Å². The summed E-state index contributed by atoms with van der Waals surface area (Å²) in [7, 11) is 0. The maximum Gasteiger partial charge on any atom is 0.337 e. The third-order valence-corrected chi connectivity index (χ3v) is 4.07. The molecule has 0 radical (unpaired) electrons. The molecule has 1 aliphatic carbocycles. The number of aromatic carboxylic acids is 1. The van der Waals surface area contributed by atoms with Crippen LogP contribution in [-0.2, 0) is 12.8 Å². The Morgan fingerprint density at radius 2 is 2.17 bits per heavy atom. The molecule has 1 aliphatic rings. The number of benzene rings is 1. The molecular formula is C13H12N2O2S. The number of nitrogens with one attached hydrogen (secondary N) is 1. The molecule has 18 heavy (non-hydrogen) atoms. The minimum atomic E-state index is -0.929. The van der Waals surface area contributed by atoms with E-state index in [4.69, 9.17) is 5.11 Å². The number of hydrogen-bond donors (Lipinski definition) is 2. The quantitative estimate of drug-likeness (QED) is 0.890. The number of aryl methyl sites for hydroxylation is 2. The van der Waals surface area contributed by atoms with Gasteiger partial charge in [0.05, 0.1) is 16.9 Å². The van der Waals surface area contributed by atoms with Crippen LogP contribution in [0.4, 0.5) is 10.8 Å². The lowest BCUT2D eigenvalue weighted by molar-refractivity contribution is 0.0698. The molecule has 2 aromatic rings. The largest absolute Gasteiger partial charge is 0.478 e. The molecule has 0 atom stereocenters. The predicted octanol–water partition coefficient (Wildman–Crippen LogP) is 3.07. The van der Waals surface area contributed by atoms with E-state index >= 15 is 0 Å². The highest BCUT2D eigenvalue weighted by Crippen LogP contribution is 2.32. The van der Waals surface area contributed by atoms with E-state index in [-0.39, 0.29) is 5.56 Å². The van der Waals surface area contributed by atoms with Gasteiger partial charge in [-0.3, -0.25) is 0 Å². The van der Waals surface area contributed by atoms with E-state index in [1.54, 1.807) is 29.5 Å². The van der Waals surface area contributed by atoms with Crippen LogP contribution >= 0.6 is 11.3 Å². The summed E-state index contributed by atoms with van der Waals surface area (Å²) in [5.74, 6) is -0.929. The van der Waals surface area contributed by atoms with Gasteiger partial charge >= 0.3 is 5.97 Å². The molecule has 5 heteroatoms. The molecule has 0 saturated carbocycles. The fraction of sp³-hybridized carbons (Fsp3) is 0.231. The minimum absolute atomic E-state index is 0.271. The molecule has 0 unspecified atom stereocenters. The Bertz CT molecular complexity index is 585. The highest BCUT2D eigenvalue weighted by Gasteiger charge is 2.17. The highest BCUT2D eigenvalue weighted by atomic mass is 32.1. The molecule has 1 heterocycles. The predicted molar refractivity (Wildman–Crippen MR) is 70.8 cm³/mol. The molecule has 3 rings (SSSR count). The summed E-state index contributed by atoms with van der Waals surface area (Å²) in [6, 6.07) is 6.88. The molecule has 0 fully saturated rings. The normalized spacial score (nSPS) is 13.3. The van der Waals surface area contributed by atoms with Crippen LogP contribution in [0.3, 0.4) is 0 Å². The van der Waals surface area contributed by atoms with Crippen LogP contribution in [0.15, 0.2) is 24.3 Å². The molecule has 0 aliphatic heterocycles. The third kappa shape index (κ3) is 1.97. The van der Waals surface area contributed by atoms with Crippen LogP contribution < -0.4 is 5.32 Å². The first-order chi connectivity index (χ1) is 8.74. The van der Waals surface area contributed by atoms with Gasteiger partial charge in [0.25, 0.3) is 0 Å². The summed E-state index contributed by atoms with van der Waals surface area (Å²) in [5.41, 5.74) is 2.03. The number of fused-ring (bicyclic) bond motifs is 1. The first-order valence-corrected chi connectivity index (χ1v) is 6.63. The number of para-hydroxylation sites is 1. The van der Waals surface area contributed by atoms with Crippen LogP contribution in [0.25, 0.3) is 0 Å². The second kappa shape index (κ2) is 4.42. The lowest BCUT2D eigenvalue weighted by atomic mass is 10.2. The average molecular weight is 260 g/mol. The van der Waals surface area contributed by atoms with Gasteiger partial charge in [0, 0.05) is 4.88 Å². The van der Waals surface area contributed by atoms with E-state index in [0.29, 0.717) is 5.69 Å². The van der Waals surface area contributed by atoms with Gasteiger partial charge in [-0.25, -0.2) is 9.78 Å². The maximum atomic E-state index is 11.1. The SMILES string of the molecule is O=C(O)c1ccccc1Nc1nc2c(s1)CCC2. The molecular weight excluding hydrogens is 248 g/mol. The van der Waals surface area contributed by atoms with Crippen molar-refractivity contribution in [3.63, 3.8) is 0 Å². The molecule has 92 valence electrons. The van der Waals surface area contributed by atoms with Gasteiger partial charge < -0.3 is 10.4 Å². The summed E-state index contributed by atoms with van der Waals surface area (Å²) in [6.45, 7) is 0. The Hall–Kier alpha value is -1.88. The zero-order chi connectivity index (χ0) is 12.5.